The van der Waals surface area contributed by atoms with Gasteiger partial charge in [0.1, 0.15) is 4.88 Å². The zero-order valence-electron chi connectivity index (χ0n) is 6.27. The molecule has 2 aromatic rings. The zero-order valence-corrected chi connectivity index (χ0v) is 7.09. The van der Waals surface area contributed by atoms with E-state index < -0.39 is 0 Å². The van der Waals surface area contributed by atoms with Crippen LogP contribution in [0.25, 0.3) is 10.7 Å². The molecular formula is C5H6N6S. The summed E-state index contributed by atoms with van der Waals surface area (Å²) in [5.74, 6) is 0.859. The first kappa shape index (κ1) is 7.17. The second-order valence-electron chi connectivity index (χ2n) is 2.23. The van der Waals surface area contributed by atoms with Crippen molar-refractivity contribution in [2.75, 3.05) is 5.73 Å². The number of hydrogen-bond acceptors (Lipinski definition) is 6. The SMILES string of the molecule is Cc1nnsc1-c1nc(N)n[nH]1. The van der Waals surface area contributed by atoms with Crippen LogP contribution in [0.1, 0.15) is 5.69 Å². The number of aromatic nitrogens is 5. The van der Waals surface area contributed by atoms with E-state index in [1.807, 2.05) is 6.92 Å². The Morgan fingerprint density at radius 2 is 2.33 bits per heavy atom. The maximum Gasteiger partial charge on any atom is 0.239 e. The summed E-state index contributed by atoms with van der Waals surface area (Å²) in [4.78, 5) is 4.83. The molecule has 7 heteroatoms. The second kappa shape index (κ2) is 2.52. The van der Waals surface area contributed by atoms with Gasteiger partial charge in [-0.1, -0.05) is 4.49 Å². The average molecular weight is 182 g/mol. The van der Waals surface area contributed by atoms with Crippen LogP contribution in [0.15, 0.2) is 0 Å². The van der Waals surface area contributed by atoms with Gasteiger partial charge in [-0.25, -0.2) is 0 Å². The number of nitrogens with two attached hydrogens (primary N) is 1. The summed E-state index contributed by atoms with van der Waals surface area (Å²) in [7, 11) is 0. The fourth-order valence-electron chi connectivity index (χ4n) is 0.825. The minimum absolute atomic E-state index is 0.234. The first-order valence-corrected chi connectivity index (χ1v) is 4.02. The van der Waals surface area contributed by atoms with Crippen LogP contribution in [0.3, 0.4) is 0 Å². The topological polar surface area (TPSA) is 93.4 Å². The largest absolute Gasteiger partial charge is 0.366 e. The third kappa shape index (κ3) is 1.03. The van der Waals surface area contributed by atoms with Crippen molar-refractivity contribution in [1.29, 1.82) is 0 Å². The van der Waals surface area contributed by atoms with Gasteiger partial charge in [-0.3, -0.25) is 5.10 Å². The van der Waals surface area contributed by atoms with Crippen LogP contribution in [0.4, 0.5) is 5.95 Å². The molecule has 0 unspecified atom stereocenters. The predicted octanol–water partition coefficient (Wildman–Crippen LogP) is 0.214. The van der Waals surface area contributed by atoms with Gasteiger partial charge in [0.2, 0.25) is 5.95 Å². The van der Waals surface area contributed by atoms with Crippen molar-refractivity contribution in [3.05, 3.63) is 5.69 Å². The predicted molar refractivity (Wildman–Crippen MR) is 44.4 cm³/mol. The van der Waals surface area contributed by atoms with Crippen molar-refractivity contribution in [3.8, 4) is 10.7 Å². The van der Waals surface area contributed by atoms with Gasteiger partial charge in [0, 0.05) is 0 Å². The molecule has 0 atom stereocenters. The molecule has 0 saturated heterocycles. The van der Waals surface area contributed by atoms with Crippen LogP contribution < -0.4 is 5.73 Å². The van der Waals surface area contributed by atoms with Crippen molar-refractivity contribution in [2.24, 2.45) is 0 Å². The number of nitrogen functional groups attached to an aromatic ring is 1. The first-order chi connectivity index (χ1) is 5.77. The van der Waals surface area contributed by atoms with Crippen molar-refractivity contribution >= 4 is 17.5 Å². The number of H-pyrrole nitrogens is 1. The normalized spacial score (nSPS) is 10.4. The van der Waals surface area contributed by atoms with E-state index in [9.17, 15) is 0 Å². The van der Waals surface area contributed by atoms with Gasteiger partial charge in [0.25, 0.3) is 0 Å². The molecule has 0 aromatic carbocycles. The molecule has 2 aromatic heterocycles. The molecule has 12 heavy (non-hydrogen) atoms. The third-order valence-electron chi connectivity index (χ3n) is 1.37. The minimum atomic E-state index is 0.234. The van der Waals surface area contributed by atoms with Crippen molar-refractivity contribution in [2.45, 2.75) is 6.92 Å². The molecule has 0 bridgehead atoms. The van der Waals surface area contributed by atoms with Crippen LogP contribution in [0.5, 0.6) is 0 Å². The van der Waals surface area contributed by atoms with Gasteiger partial charge in [0.05, 0.1) is 5.69 Å². The van der Waals surface area contributed by atoms with Crippen LogP contribution in [-0.2, 0) is 0 Å². The summed E-state index contributed by atoms with van der Waals surface area (Å²) in [5, 5.41) is 10.2. The van der Waals surface area contributed by atoms with Crippen molar-refractivity contribution in [3.63, 3.8) is 0 Å². The molecule has 0 radical (unpaired) electrons. The lowest BCUT2D eigenvalue weighted by Gasteiger charge is -1.86. The molecule has 0 aliphatic heterocycles. The maximum absolute atomic E-state index is 5.35. The first-order valence-electron chi connectivity index (χ1n) is 3.24. The molecule has 0 aliphatic rings. The highest BCUT2D eigenvalue weighted by molar-refractivity contribution is 7.09. The Bertz CT molecular complexity index is 390. The van der Waals surface area contributed by atoms with Crippen LogP contribution in [0.2, 0.25) is 0 Å². The lowest BCUT2D eigenvalue weighted by atomic mass is 10.4. The Morgan fingerprint density at radius 1 is 1.50 bits per heavy atom. The van der Waals surface area contributed by atoms with E-state index in [0.29, 0.717) is 5.82 Å². The van der Waals surface area contributed by atoms with Gasteiger partial charge < -0.3 is 5.73 Å². The standard InChI is InChI=1S/C5H6N6S/c1-2-3(12-11-8-2)4-7-5(6)10-9-4/h1H3,(H3,6,7,9,10). The Kier molecular flexibility index (Phi) is 1.51. The van der Waals surface area contributed by atoms with Gasteiger partial charge >= 0.3 is 0 Å². The lowest BCUT2D eigenvalue weighted by molar-refractivity contribution is 1.08. The van der Waals surface area contributed by atoms with Crippen molar-refractivity contribution in [1.82, 2.24) is 24.8 Å². The number of rotatable bonds is 1. The molecule has 3 N–H and O–H groups in total. The Morgan fingerprint density at radius 3 is 2.83 bits per heavy atom. The molecule has 0 spiro atoms. The van der Waals surface area contributed by atoms with E-state index in [0.717, 1.165) is 10.6 Å². The summed E-state index contributed by atoms with van der Waals surface area (Å²) >= 11 is 1.27. The molecule has 62 valence electrons. The fraction of sp³-hybridized carbons (Fsp3) is 0.200. The summed E-state index contributed by atoms with van der Waals surface area (Å²) < 4.78 is 3.77. The van der Waals surface area contributed by atoms with E-state index in [1.54, 1.807) is 0 Å². The Balaban J connectivity index is 2.50. The van der Waals surface area contributed by atoms with Gasteiger partial charge in [-0.2, -0.15) is 4.98 Å². The molecule has 2 rings (SSSR count). The van der Waals surface area contributed by atoms with E-state index in [2.05, 4.69) is 24.8 Å². The van der Waals surface area contributed by atoms with Crippen LogP contribution in [0, 0.1) is 6.92 Å². The Hall–Kier alpha value is -1.50. The summed E-state index contributed by atoms with van der Waals surface area (Å²) in [6.45, 7) is 1.86. The van der Waals surface area contributed by atoms with E-state index in [4.69, 9.17) is 5.73 Å². The van der Waals surface area contributed by atoms with Crippen LogP contribution in [-0.4, -0.2) is 24.8 Å². The van der Waals surface area contributed by atoms with E-state index in [-0.39, 0.29) is 5.95 Å². The smallest absolute Gasteiger partial charge is 0.239 e. The van der Waals surface area contributed by atoms with Gasteiger partial charge in [0.15, 0.2) is 5.82 Å². The number of aryl methyl sites for hydroxylation is 1. The molecular weight excluding hydrogens is 176 g/mol. The van der Waals surface area contributed by atoms with Gasteiger partial charge in [-0.05, 0) is 18.5 Å². The van der Waals surface area contributed by atoms with Crippen LogP contribution >= 0.6 is 11.5 Å². The number of nitrogens with one attached hydrogen (secondary N) is 1. The summed E-state index contributed by atoms with van der Waals surface area (Å²) in [6.07, 6.45) is 0. The highest BCUT2D eigenvalue weighted by atomic mass is 32.1. The summed E-state index contributed by atoms with van der Waals surface area (Å²) in [6, 6.07) is 0. The highest BCUT2D eigenvalue weighted by Crippen LogP contribution is 2.21. The second-order valence-corrected chi connectivity index (χ2v) is 2.98. The maximum atomic E-state index is 5.35. The van der Waals surface area contributed by atoms with Gasteiger partial charge in [-0.15, -0.1) is 10.2 Å². The summed E-state index contributed by atoms with van der Waals surface area (Å²) in [5.41, 5.74) is 6.17. The number of hydrogen-bond donors (Lipinski definition) is 2. The number of anilines is 1. The molecule has 2 heterocycles. The molecule has 0 saturated carbocycles. The highest BCUT2D eigenvalue weighted by Gasteiger charge is 2.09. The third-order valence-corrected chi connectivity index (χ3v) is 2.20. The van der Waals surface area contributed by atoms with E-state index in [1.165, 1.54) is 11.5 Å². The molecule has 0 fully saturated rings. The molecule has 0 aliphatic carbocycles. The van der Waals surface area contributed by atoms with E-state index >= 15 is 0 Å². The van der Waals surface area contributed by atoms with Crippen molar-refractivity contribution < 1.29 is 0 Å². The Labute approximate surface area is 72.0 Å². The quantitative estimate of drug-likeness (QED) is 0.657. The fourth-order valence-corrected chi connectivity index (χ4v) is 1.42. The zero-order chi connectivity index (χ0) is 8.55. The minimum Gasteiger partial charge on any atom is -0.366 e. The number of aromatic amines is 1. The molecule has 0 amide bonds. The monoisotopic (exact) mass is 182 g/mol. The lowest BCUT2D eigenvalue weighted by Crippen LogP contribution is -1.85. The average Bonchev–Trinajstić information content (AvgIpc) is 2.58. The number of nitrogens with zero attached hydrogens (tertiary/aromatic N) is 4. The molecule has 6 nitrogen and oxygen atoms in total.